The highest BCUT2D eigenvalue weighted by molar-refractivity contribution is 7.89. The average molecular weight is 1210 g/mol. The zero-order chi connectivity index (χ0) is 61.8. The Kier molecular flexibility index (Phi) is 19.5. The molecule has 0 unspecified atom stereocenters. The van der Waals surface area contributed by atoms with Crippen LogP contribution in [0.2, 0.25) is 0 Å². The fraction of sp³-hybridized carbons (Fsp3) is 0.797. The average Bonchev–Trinajstić information content (AvgIpc) is 1.33. The minimum absolute atomic E-state index is 0.0279. The van der Waals surface area contributed by atoms with Gasteiger partial charge in [0.2, 0.25) is 27.7 Å². The Hall–Kier alpha value is -3.87. The van der Waals surface area contributed by atoms with E-state index in [1.54, 1.807) is 12.1 Å². The van der Waals surface area contributed by atoms with Crippen molar-refractivity contribution in [3.8, 4) is 0 Å². The van der Waals surface area contributed by atoms with Gasteiger partial charge >= 0.3 is 5.97 Å². The number of rotatable bonds is 21. The summed E-state index contributed by atoms with van der Waals surface area (Å²) in [5.74, 6) is 1.41. The van der Waals surface area contributed by atoms with Crippen LogP contribution in [0.5, 0.6) is 0 Å². The van der Waals surface area contributed by atoms with E-state index in [0.717, 1.165) is 81.7 Å². The minimum Gasteiger partial charge on any atom is -0.469 e. The number of carbonyl (C=O) groups excluding carboxylic acids is 4. The van der Waals surface area contributed by atoms with Crippen LogP contribution in [0.1, 0.15) is 183 Å². The van der Waals surface area contributed by atoms with Gasteiger partial charge in [0.25, 0.3) is 0 Å². The molecule has 0 aliphatic heterocycles. The van der Waals surface area contributed by atoms with Crippen LogP contribution in [0.4, 0.5) is 5.69 Å². The summed E-state index contributed by atoms with van der Waals surface area (Å²) in [5.41, 5.74) is -0.0911. The summed E-state index contributed by atoms with van der Waals surface area (Å²) in [6.45, 7) is 14.1. The maximum absolute atomic E-state index is 13.7. The molecule has 0 radical (unpaired) electrons. The highest BCUT2D eigenvalue weighted by Gasteiger charge is 2.68. The molecule has 8 saturated carbocycles. The molecule has 8 aliphatic rings. The minimum atomic E-state index is -3.84. The normalized spacial score (nSPS) is 39.7. The molecular weight excluding hydrogens is 1110 g/mol. The number of methoxy groups -OCH3 is 1. The molecule has 2 aromatic rings. The molecular formula is C69H107N5O11S. The first-order chi connectivity index (χ1) is 40.8. The molecule has 0 heterocycles. The van der Waals surface area contributed by atoms with Crippen LogP contribution in [-0.4, -0.2) is 123 Å². The van der Waals surface area contributed by atoms with Crippen LogP contribution in [-0.2, 0) is 33.9 Å². The third-order valence-electron chi connectivity index (χ3n) is 26.1. The third kappa shape index (κ3) is 11.9. The standard InChI is InChI=1S/C69H107N5O11S/c1-40(24-30-60(79)70-34-14-22-61(80)72-52-18-12-32-66(3)48(52)36-56(76)65-47-29-27-45(41(2)25-31-63(82)85-9)69(47,6)59(78)39-51(65)66)44-26-28-46-64-50(38-58(77)68(44,46)5)67(4)33-13-19-53(49(67)37-55(64)75)73-62(81)23-15-35-71-86(83,84)57-21-11-16-42-43(57)17-10-20-54(42)74(7)8/h10-11,16-17,20-21,40-41,44-53,55-56,58-59,64-65,71,75-78H,12-15,18-19,22-39H2,1-9H3,(H,70,79)(H,72,80)(H,73,81)/t40-,41-,44-,45-,46+,47+,48-,49-,50+,51+,52-,53-,55-,56-,58+,59+,64+,65+,66+,67+,68-,69-/m1/s1. The first-order valence-corrected chi connectivity index (χ1v) is 35.1. The fourth-order valence-corrected chi connectivity index (χ4v) is 23.0. The van der Waals surface area contributed by atoms with E-state index < -0.39 is 39.9 Å². The Morgan fingerprint density at radius 1 is 0.605 bits per heavy atom. The second-order valence-corrected chi connectivity index (χ2v) is 32.0. The van der Waals surface area contributed by atoms with Gasteiger partial charge in [0, 0.05) is 81.4 Å². The van der Waals surface area contributed by atoms with E-state index in [1.165, 1.54) is 7.11 Å². The van der Waals surface area contributed by atoms with Crippen molar-refractivity contribution in [1.29, 1.82) is 0 Å². The molecule has 17 heteroatoms. The highest BCUT2D eigenvalue weighted by atomic mass is 32.2. The molecule has 0 bridgehead atoms. The molecule has 3 amide bonds. The molecule has 480 valence electrons. The van der Waals surface area contributed by atoms with Gasteiger partial charge in [-0.1, -0.05) is 78.6 Å². The Bertz CT molecular complexity index is 2890. The second-order valence-electron chi connectivity index (χ2n) is 30.2. The summed E-state index contributed by atoms with van der Waals surface area (Å²) < 4.78 is 34.8. The van der Waals surface area contributed by atoms with Crippen LogP contribution in [0, 0.1) is 92.7 Å². The van der Waals surface area contributed by atoms with Crippen LogP contribution in [0.3, 0.4) is 0 Å². The van der Waals surface area contributed by atoms with Crippen molar-refractivity contribution in [3.63, 3.8) is 0 Å². The van der Waals surface area contributed by atoms with Gasteiger partial charge < -0.3 is 46.0 Å². The zero-order valence-electron chi connectivity index (χ0n) is 53.3. The van der Waals surface area contributed by atoms with E-state index in [1.807, 2.05) is 43.3 Å². The summed E-state index contributed by atoms with van der Waals surface area (Å²) in [6, 6.07) is 10.8. The first kappa shape index (κ1) is 65.1. The molecule has 0 spiro atoms. The van der Waals surface area contributed by atoms with E-state index in [2.05, 4.69) is 62.2 Å². The lowest BCUT2D eigenvalue weighted by molar-refractivity contribution is -0.205. The van der Waals surface area contributed by atoms with Crippen molar-refractivity contribution in [2.24, 2.45) is 92.7 Å². The van der Waals surface area contributed by atoms with E-state index in [-0.39, 0.29) is 141 Å². The highest BCUT2D eigenvalue weighted by Crippen LogP contribution is 2.70. The van der Waals surface area contributed by atoms with E-state index in [0.29, 0.717) is 76.1 Å². The van der Waals surface area contributed by atoms with Crippen LogP contribution in [0.25, 0.3) is 10.8 Å². The number of ether oxygens (including phenoxy) is 1. The van der Waals surface area contributed by atoms with Gasteiger partial charge in [0.15, 0.2) is 0 Å². The molecule has 22 atom stereocenters. The van der Waals surface area contributed by atoms with E-state index in [4.69, 9.17) is 4.74 Å². The number of benzene rings is 2. The molecule has 8 fully saturated rings. The maximum Gasteiger partial charge on any atom is 0.305 e. The Labute approximate surface area is 513 Å². The number of nitrogens with zero attached hydrogens (tertiary/aromatic N) is 1. The molecule has 8 N–H and O–H groups in total. The number of anilines is 1. The summed E-state index contributed by atoms with van der Waals surface area (Å²) in [6.07, 6.45) is 13.2. The first-order valence-electron chi connectivity index (χ1n) is 33.6. The lowest BCUT2D eigenvalue weighted by Gasteiger charge is -2.64. The van der Waals surface area contributed by atoms with Gasteiger partial charge in [-0.25, -0.2) is 13.1 Å². The number of carbonyl (C=O) groups is 4. The summed E-state index contributed by atoms with van der Waals surface area (Å²) in [4.78, 5) is 54.9. The third-order valence-corrected chi connectivity index (χ3v) is 27.6. The van der Waals surface area contributed by atoms with Gasteiger partial charge in [-0.2, -0.15) is 0 Å². The molecule has 86 heavy (non-hydrogen) atoms. The SMILES string of the molecule is COC(=O)CC[C@@H](C)[C@H]1CC[C@H]2[C@@H]3[C@H](O)C[C@@H]4[C@H](NC(=O)CCCNC(=O)CC[C@@H](C)[C@H]5CC[C@H]6[C@@H]7[C@H](O)C[C@@H]8[C@H](NC(=O)CCCNS(=O)(=O)c9cccc%10c(N(C)C)cccc9%10)CCC[C@]8(C)[C@H]7C[C@H](O)[C@]56C)CCC[C@]4(C)[C@H]3C[C@H](O)[C@]12C. The maximum atomic E-state index is 13.7. The van der Waals surface area contributed by atoms with E-state index in [9.17, 15) is 48.0 Å². The Balaban J connectivity index is 0.663. The molecule has 2 aromatic carbocycles. The second kappa shape index (κ2) is 25.8. The number of nitrogens with one attached hydrogen (secondary N) is 4. The summed E-state index contributed by atoms with van der Waals surface area (Å²) in [7, 11) is 1.45. The lowest BCUT2D eigenvalue weighted by Crippen LogP contribution is -2.64. The number of hydrogen-bond donors (Lipinski definition) is 8. The lowest BCUT2D eigenvalue weighted by atomic mass is 9.42. The van der Waals surface area contributed by atoms with Crippen molar-refractivity contribution < 1.29 is 52.8 Å². The number of aliphatic hydroxyl groups is 4. The molecule has 0 saturated heterocycles. The molecule has 16 nitrogen and oxygen atoms in total. The number of fused-ring (bicyclic) bond motifs is 11. The topological polar surface area (TPSA) is 244 Å². The van der Waals surface area contributed by atoms with Crippen LogP contribution >= 0.6 is 0 Å². The van der Waals surface area contributed by atoms with Crippen molar-refractivity contribution in [1.82, 2.24) is 20.7 Å². The van der Waals surface area contributed by atoms with Gasteiger partial charge in [0.1, 0.15) is 0 Å². The predicted octanol–water partition coefficient (Wildman–Crippen LogP) is 9.04. The van der Waals surface area contributed by atoms with Crippen molar-refractivity contribution in [3.05, 3.63) is 36.4 Å². The van der Waals surface area contributed by atoms with Gasteiger partial charge in [-0.15, -0.1) is 0 Å². The number of aliphatic hydroxyl groups excluding tert-OH is 4. The molecule has 8 aliphatic carbocycles. The van der Waals surface area contributed by atoms with E-state index >= 15 is 0 Å². The van der Waals surface area contributed by atoms with Crippen molar-refractivity contribution in [2.45, 2.75) is 224 Å². The summed E-state index contributed by atoms with van der Waals surface area (Å²) >= 11 is 0. The smallest absolute Gasteiger partial charge is 0.305 e. The number of sulfonamides is 1. The predicted molar refractivity (Wildman–Crippen MR) is 334 cm³/mol. The Morgan fingerprint density at radius 2 is 1.09 bits per heavy atom. The monoisotopic (exact) mass is 1210 g/mol. The van der Waals surface area contributed by atoms with Crippen molar-refractivity contribution >= 4 is 50.2 Å². The van der Waals surface area contributed by atoms with Gasteiger partial charge in [0.05, 0.1) is 36.4 Å². The van der Waals surface area contributed by atoms with Crippen LogP contribution < -0.4 is 25.6 Å². The van der Waals surface area contributed by atoms with Gasteiger partial charge in [-0.05, 0) is 208 Å². The zero-order valence-corrected chi connectivity index (χ0v) is 54.1. The van der Waals surface area contributed by atoms with Gasteiger partial charge in [-0.3, -0.25) is 19.2 Å². The van der Waals surface area contributed by atoms with Crippen LogP contribution in [0.15, 0.2) is 41.3 Å². The van der Waals surface area contributed by atoms with Crippen molar-refractivity contribution in [2.75, 3.05) is 39.2 Å². The molecule has 10 rings (SSSR count). The fourth-order valence-electron chi connectivity index (χ4n) is 21.7. The number of amides is 3. The number of esters is 1. The summed E-state index contributed by atoms with van der Waals surface area (Å²) in [5, 5.41) is 60.2. The Morgan fingerprint density at radius 3 is 1.60 bits per heavy atom. The largest absolute Gasteiger partial charge is 0.469 e. The quantitative estimate of drug-likeness (QED) is 0.0431. The number of hydrogen-bond acceptors (Lipinski definition) is 12. The molecule has 0 aromatic heterocycles.